The van der Waals surface area contributed by atoms with Crippen molar-refractivity contribution in [1.82, 2.24) is 5.32 Å². The summed E-state index contributed by atoms with van der Waals surface area (Å²) in [4.78, 5) is 0. The van der Waals surface area contributed by atoms with Gasteiger partial charge < -0.3 is 10.1 Å². The highest BCUT2D eigenvalue weighted by Crippen LogP contribution is 2.41. The summed E-state index contributed by atoms with van der Waals surface area (Å²) >= 11 is 0. The second-order valence-corrected chi connectivity index (χ2v) is 5.96. The van der Waals surface area contributed by atoms with E-state index in [1.807, 2.05) is 0 Å². The maximum atomic E-state index is 6.31. The highest BCUT2D eigenvalue weighted by atomic mass is 16.5. The molecule has 0 bridgehead atoms. The zero-order chi connectivity index (χ0) is 12.1. The first-order valence-electron chi connectivity index (χ1n) is 7.22. The lowest BCUT2D eigenvalue weighted by molar-refractivity contribution is -0.0621. The Kier molecular flexibility index (Phi) is 4.63. The van der Waals surface area contributed by atoms with Gasteiger partial charge in [-0.1, -0.05) is 30.9 Å². The molecule has 1 aliphatic heterocycles. The molecule has 0 aromatic rings. The number of ether oxygens (including phenoxy) is 1. The summed E-state index contributed by atoms with van der Waals surface area (Å²) < 4.78 is 6.31. The van der Waals surface area contributed by atoms with E-state index in [-0.39, 0.29) is 5.60 Å². The minimum Gasteiger partial charge on any atom is -0.370 e. The molecule has 0 aromatic carbocycles. The van der Waals surface area contributed by atoms with E-state index in [2.05, 4.69) is 25.2 Å². The molecule has 1 spiro atoms. The van der Waals surface area contributed by atoms with Crippen LogP contribution >= 0.6 is 0 Å². The van der Waals surface area contributed by atoms with Crippen LogP contribution in [-0.2, 0) is 4.74 Å². The SMILES string of the molecule is CC(C)=CCNCC1CCC2(CCCCC2)O1. The average molecular weight is 237 g/mol. The zero-order valence-electron chi connectivity index (χ0n) is 11.4. The second kappa shape index (κ2) is 6.01. The molecule has 2 aliphatic rings. The highest BCUT2D eigenvalue weighted by Gasteiger charge is 2.40. The van der Waals surface area contributed by atoms with E-state index in [0.717, 1.165) is 13.1 Å². The molecular formula is C15H27NO. The van der Waals surface area contributed by atoms with Crippen LogP contribution in [0, 0.1) is 0 Å². The molecule has 2 heteroatoms. The van der Waals surface area contributed by atoms with Crippen LogP contribution in [-0.4, -0.2) is 24.8 Å². The van der Waals surface area contributed by atoms with Crippen molar-refractivity contribution in [3.63, 3.8) is 0 Å². The van der Waals surface area contributed by atoms with Gasteiger partial charge in [0.1, 0.15) is 0 Å². The highest BCUT2D eigenvalue weighted by molar-refractivity contribution is 4.95. The quantitative estimate of drug-likeness (QED) is 0.597. The van der Waals surface area contributed by atoms with Crippen molar-refractivity contribution in [2.45, 2.75) is 70.5 Å². The monoisotopic (exact) mass is 237 g/mol. The van der Waals surface area contributed by atoms with Crippen LogP contribution in [0.2, 0.25) is 0 Å². The fourth-order valence-corrected chi connectivity index (χ4v) is 3.12. The summed E-state index contributed by atoms with van der Waals surface area (Å²) in [6.07, 6.45) is 12.0. The van der Waals surface area contributed by atoms with E-state index in [1.54, 1.807) is 0 Å². The Morgan fingerprint density at radius 3 is 2.71 bits per heavy atom. The van der Waals surface area contributed by atoms with Crippen LogP contribution in [0.1, 0.15) is 58.8 Å². The van der Waals surface area contributed by atoms with Gasteiger partial charge in [-0.05, 0) is 39.5 Å². The third kappa shape index (κ3) is 3.82. The number of hydrogen-bond acceptors (Lipinski definition) is 2. The molecule has 1 N–H and O–H groups in total. The number of rotatable bonds is 4. The van der Waals surface area contributed by atoms with Crippen molar-refractivity contribution in [3.05, 3.63) is 11.6 Å². The Balaban J connectivity index is 1.69. The zero-order valence-corrected chi connectivity index (χ0v) is 11.4. The summed E-state index contributed by atoms with van der Waals surface area (Å²) in [5, 5.41) is 3.48. The number of nitrogens with one attached hydrogen (secondary N) is 1. The predicted octanol–water partition coefficient (Wildman–Crippen LogP) is 3.42. The molecule has 1 saturated heterocycles. The Labute approximate surface area is 106 Å². The maximum Gasteiger partial charge on any atom is 0.0708 e. The molecule has 1 atom stereocenters. The molecule has 1 heterocycles. The van der Waals surface area contributed by atoms with Crippen molar-refractivity contribution in [3.8, 4) is 0 Å². The van der Waals surface area contributed by atoms with Crippen LogP contribution in [0.4, 0.5) is 0 Å². The van der Waals surface area contributed by atoms with Crippen molar-refractivity contribution in [2.24, 2.45) is 0 Å². The fraction of sp³-hybridized carbons (Fsp3) is 0.867. The van der Waals surface area contributed by atoms with E-state index < -0.39 is 0 Å². The first-order valence-corrected chi connectivity index (χ1v) is 7.22. The van der Waals surface area contributed by atoms with Crippen LogP contribution in [0.3, 0.4) is 0 Å². The number of hydrogen-bond donors (Lipinski definition) is 1. The third-order valence-corrected chi connectivity index (χ3v) is 4.13. The molecule has 1 unspecified atom stereocenters. The molecular weight excluding hydrogens is 210 g/mol. The lowest BCUT2D eigenvalue weighted by Crippen LogP contribution is -2.34. The summed E-state index contributed by atoms with van der Waals surface area (Å²) in [6, 6.07) is 0. The molecule has 17 heavy (non-hydrogen) atoms. The van der Waals surface area contributed by atoms with Crippen LogP contribution < -0.4 is 5.32 Å². The molecule has 1 saturated carbocycles. The Hall–Kier alpha value is -0.340. The second-order valence-electron chi connectivity index (χ2n) is 5.96. The molecule has 2 fully saturated rings. The van der Waals surface area contributed by atoms with E-state index in [1.165, 1.54) is 50.5 Å². The van der Waals surface area contributed by atoms with Gasteiger partial charge in [0.05, 0.1) is 11.7 Å². The van der Waals surface area contributed by atoms with Crippen molar-refractivity contribution >= 4 is 0 Å². The third-order valence-electron chi connectivity index (χ3n) is 4.13. The van der Waals surface area contributed by atoms with Gasteiger partial charge in [-0.2, -0.15) is 0 Å². The van der Waals surface area contributed by atoms with Crippen LogP contribution in [0.15, 0.2) is 11.6 Å². The van der Waals surface area contributed by atoms with Gasteiger partial charge in [-0.3, -0.25) is 0 Å². The smallest absolute Gasteiger partial charge is 0.0708 e. The van der Waals surface area contributed by atoms with Crippen LogP contribution in [0.5, 0.6) is 0 Å². The van der Waals surface area contributed by atoms with Crippen LogP contribution in [0.25, 0.3) is 0 Å². The topological polar surface area (TPSA) is 21.3 Å². The van der Waals surface area contributed by atoms with Crippen molar-refractivity contribution in [2.75, 3.05) is 13.1 Å². The molecule has 0 radical (unpaired) electrons. The molecule has 98 valence electrons. The molecule has 0 amide bonds. The van der Waals surface area contributed by atoms with Gasteiger partial charge in [0, 0.05) is 13.1 Å². The maximum absolute atomic E-state index is 6.31. The molecule has 2 nitrogen and oxygen atoms in total. The van der Waals surface area contributed by atoms with Gasteiger partial charge in [0.25, 0.3) is 0 Å². The van der Waals surface area contributed by atoms with Gasteiger partial charge in [0.15, 0.2) is 0 Å². The lowest BCUT2D eigenvalue weighted by Gasteiger charge is -2.33. The van der Waals surface area contributed by atoms with E-state index in [0.29, 0.717) is 6.10 Å². The summed E-state index contributed by atoms with van der Waals surface area (Å²) in [7, 11) is 0. The van der Waals surface area contributed by atoms with Crippen molar-refractivity contribution < 1.29 is 4.74 Å². The van der Waals surface area contributed by atoms with Crippen molar-refractivity contribution in [1.29, 1.82) is 0 Å². The lowest BCUT2D eigenvalue weighted by atomic mass is 9.83. The number of allylic oxidation sites excluding steroid dienone is 1. The summed E-state index contributed by atoms with van der Waals surface area (Å²) in [5.41, 5.74) is 1.66. The normalized spacial score (nSPS) is 27.3. The molecule has 1 aliphatic carbocycles. The Bertz CT molecular complexity index is 262. The minimum absolute atomic E-state index is 0.279. The van der Waals surface area contributed by atoms with Gasteiger partial charge in [-0.15, -0.1) is 0 Å². The van der Waals surface area contributed by atoms with E-state index in [4.69, 9.17) is 4.74 Å². The predicted molar refractivity (Wildman–Crippen MR) is 72.2 cm³/mol. The van der Waals surface area contributed by atoms with E-state index in [9.17, 15) is 0 Å². The van der Waals surface area contributed by atoms with Gasteiger partial charge in [0.2, 0.25) is 0 Å². The Morgan fingerprint density at radius 1 is 1.24 bits per heavy atom. The minimum atomic E-state index is 0.279. The Morgan fingerprint density at radius 2 is 2.00 bits per heavy atom. The van der Waals surface area contributed by atoms with Gasteiger partial charge in [-0.25, -0.2) is 0 Å². The summed E-state index contributed by atoms with van der Waals surface area (Å²) in [6.45, 7) is 6.29. The van der Waals surface area contributed by atoms with E-state index >= 15 is 0 Å². The first-order chi connectivity index (χ1) is 8.20. The standard InChI is InChI=1S/C15H27NO/c1-13(2)7-11-16-12-14-6-10-15(17-14)8-4-3-5-9-15/h7,14,16H,3-6,8-12H2,1-2H3. The fourth-order valence-electron chi connectivity index (χ4n) is 3.12. The van der Waals surface area contributed by atoms with Gasteiger partial charge >= 0.3 is 0 Å². The average Bonchev–Trinajstić information content (AvgIpc) is 2.69. The molecule has 0 aromatic heterocycles. The first kappa shape index (κ1) is 13.1. The molecule has 2 rings (SSSR count). The largest absolute Gasteiger partial charge is 0.370 e. The summed E-state index contributed by atoms with van der Waals surface area (Å²) in [5.74, 6) is 0.